The molecule has 1 aliphatic heterocycles. The zero-order valence-corrected chi connectivity index (χ0v) is 17.6. The van der Waals surface area contributed by atoms with E-state index in [2.05, 4.69) is 10.6 Å². The Bertz CT molecular complexity index is 1140. The number of rotatable bonds is 7. The molecule has 0 aliphatic carbocycles. The first-order valence-electron chi connectivity index (χ1n) is 9.87. The van der Waals surface area contributed by atoms with E-state index >= 15 is 0 Å². The zero-order chi connectivity index (χ0) is 22.5. The van der Waals surface area contributed by atoms with Crippen LogP contribution in [0.15, 0.2) is 60.7 Å². The molecule has 0 spiro atoms. The van der Waals surface area contributed by atoms with Crippen molar-refractivity contribution < 1.29 is 28.5 Å². The first kappa shape index (κ1) is 21.0. The van der Waals surface area contributed by atoms with Crippen molar-refractivity contribution in [3.8, 4) is 34.1 Å². The fraction of sp³-hybridized carbons (Fsp3) is 0.167. The van der Waals surface area contributed by atoms with Gasteiger partial charge in [0.1, 0.15) is 11.5 Å². The van der Waals surface area contributed by atoms with Crippen LogP contribution in [-0.2, 0) is 4.79 Å². The number of hydrogen-bond donors (Lipinski definition) is 2. The van der Waals surface area contributed by atoms with Crippen LogP contribution in [0.2, 0.25) is 0 Å². The highest BCUT2D eigenvalue weighted by molar-refractivity contribution is 6.00. The predicted octanol–water partition coefficient (Wildman–Crippen LogP) is 3.47. The van der Waals surface area contributed by atoms with Crippen molar-refractivity contribution in [2.45, 2.75) is 0 Å². The van der Waals surface area contributed by atoms with Crippen molar-refractivity contribution in [2.75, 3.05) is 32.9 Å². The van der Waals surface area contributed by atoms with E-state index in [-0.39, 0.29) is 25.2 Å². The summed E-state index contributed by atoms with van der Waals surface area (Å²) >= 11 is 0. The summed E-state index contributed by atoms with van der Waals surface area (Å²) < 4.78 is 21.2. The molecule has 1 heterocycles. The molecular weight excluding hydrogens is 412 g/mol. The van der Waals surface area contributed by atoms with Gasteiger partial charge in [-0.1, -0.05) is 12.1 Å². The summed E-state index contributed by atoms with van der Waals surface area (Å²) in [5.41, 5.74) is 2.69. The molecule has 0 fully saturated rings. The third-order valence-electron chi connectivity index (χ3n) is 4.93. The van der Waals surface area contributed by atoms with Crippen molar-refractivity contribution in [3.05, 3.63) is 66.2 Å². The molecule has 0 saturated heterocycles. The molecule has 0 atom stereocenters. The van der Waals surface area contributed by atoms with E-state index in [1.807, 2.05) is 30.3 Å². The van der Waals surface area contributed by atoms with Crippen molar-refractivity contribution in [1.29, 1.82) is 0 Å². The molecule has 0 unspecified atom stereocenters. The lowest BCUT2D eigenvalue weighted by molar-refractivity contribution is -0.115. The molecule has 2 amide bonds. The van der Waals surface area contributed by atoms with Crippen LogP contribution in [0.5, 0.6) is 23.0 Å². The lowest BCUT2D eigenvalue weighted by Crippen LogP contribution is -2.32. The summed E-state index contributed by atoms with van der Waals surface area (Å²) in [5.74, 6) is 1.77. The van der Waals surface area contributed by atoms with Gasteiger partial charge in [0, 0.05) is 16.8 Å². The van der Waals surface area contributed by atoms with Crippen LogP contribution in [0.25, 0.3) is 11.1 Å². The molecule has 0 saturated carbocycles. The number of methoxy groups -OCH3 is 2. The Kier molecular flexibility index (Phi) is 6.12. The van der Waals surface area contributed by atoms with Crippen molar-refractivity contribution >= 4 is 17.5 Å². The van der Waals surface area contributed by atoms with Gasteiger partial charge in [-0.2, -0.15) is 0 Å². The standard InChI is InChI=1S/C24H22N2O6/c1-29-18-7-3-15(4-8-18)19-12-17(6-10-20(19)30-2)26-23(27)13-25-24(28)16-5-9-21-22(11-16)32-14-31-21/h3-12H,13-14H2,1-2H3,(H,25,28)(H,26,27). The second-order valence-electron chi connectivity index (χ2n) is 6.94. The summed E-state index contributed by atoms with van der Waals surface area (Å²) in [5, 5.41) is 5.40. The number of ether oxygens (including phenoxy) is 4. The third kappa shape index (κ3) is 4.59. The number of nitrogens with one attached hydrogen (secondary N) is 2. The van der Waals surface area contributed by atoms with Crippen LogP contribution in [0.3, 0.4) is 0 Å². The Hall–Kier alpha value is -4.20. The molecule has 0 bridgehead atoms. The second-order valence-corrected chi connectivity index (χ2v) is 6.94. The van der Waals surface area contributed by atoms with Gasteiger partial charge in [-0.05, 0) is 54.1 Å². The monoisotopic (exact) mass is 434 g/mol. The topological polar surface area (TPSA) is 95.1 Å². The van der Waals surface area contributed by atoms with Crippen molar-refractivity contribution in [2.24, 2.45) is 0 Å². The van der Waals surface area contributed by atoms with Gasteiger partial charge in [0.05, 0.1) is 20.8 Å². The molecule has 0 aromatic heterocycles. The van der Waals surface area contributed by atoms with E-state index < -0.39 is 0 Å². The molecule has 3 aromatic carbocycles. The normalized spacial score (nSPS) is 11.6. The first-order valence-corrected chi connectivity index (χ1v) is 9.87. The van der Waals surface area contributed by atoms with E-state index in [1.54, 1.807) is 44.6 Å². The minimum atomic E-state index is -0.382. The fourth-order valence-electron chi connectivity index (χ4n) is 3.29. The Labute approximate surface area is 185 Å². The van der Waals surface area contributed by atoms with Crippen LogP contribution in [-0.4, -0.2) is 39.4 Å². The lowest BCUT2D eigenvalue weighted by atomic mass is 10.0. The average Bonchev–Trinajstić information content (AvgIpc) is 3.30. The number of fused-ring (bicyclic) bond motifs is 1. The van der Waals surface area contributed by atoms with Gasteiger partial charge in [0.15, 0.2) is 11.5 Å². The molecule has 0 radical (unpaired) electrons. The minimum Gasteiger partial charge on any atom is -0.497 e. The van der Waals surface area contributed by atoms with Crippen molar-refractivity contribution in [3.63, 3.8) is 0 Å². The van der Waals surface area contributed by atoms with Gasteiger partial charge >= 0.3 is 0 Å². The van der Waals surface area contributed by atoms with Gasteiger partial charge in [0.2, 0.25) is 12.7 Å². The number of anilines is 1. The number of amides is 2. The van der Waals surface area contributed by atoms with Gasteiger partial charge in [-0.25, -0.2) is 0 Å². The van der Waals surface area contributed by atoms with Gasteiger partial charge in [-0.3, -0.25) is 9.59 Å². The Morgan fingerprint density at radius 2 is 1.69 bits per heavy atom. The van der Waals surface area contributed by atoms with E-state index in [9.17, 15) is 9.59 Å². The van der Waals surface area contributed by atoms with Gasteiger partial charge < -0.3 is 29.6 Å². The van der Waals surface area contributed by atoms with E-state index in [1.165, 1.54) is 0 Å². The molecule has 4 rings (SSSR count). The number of carbonyl (C=O) groups excluding carboxylic acids is 2. The maximum absolute atomic E-state index is 12.4. The van der Waals surface area contributed by atoms with Gasteiger partial charge in [0.25, 0.3) is 5.91 Å². The van der Waals surface area contributed by atoms with Crippen LogP contribution >= 0.6 is 0 Å². The maximum Gasteiger partial charge on any atom is 0.251 e. The highest BCUT2D eigenvalue weighted by Gasteiger charge is 2.17. The lowest BCUT2D eigenvalue weighted by Gasteiger charge is -2.13. The Balaban J connectivity index is 1.41. The first-order chi connectivity index (χ1) is 15.6. The fourth-order valence-corrected chi connectivity index (χ4v) is 3.29. The summed E-state index contributed by atoms with van der Waals surface area (Å²) in [4.78, 5) is 24.8. The van der Waals surface area contributed by atoms with Crippen molar-refractivity contribution in [1.82, 2.24) is 5.32 Å². The SMILES string of the molecule is COc1ccc(-c2cc(NC(=O)CNC(=O)c3ccc4c(c3)OCO4)ccc2OC)cc1. The molecule has 2 N–H and O–H groups in total. The van der Waals surface area contributed by atoms with Crippen LogP contribution < -0.4 is 29.6 Å². The molecule has 8 nitrogen and oxygen atoms in total. The predicted molar refractivity (Wildman–Crippen MR) is 119 cm³/mol. The smallest absolute Gasteiger partial charge is 0.251 e. The molecular formula is C24H22N2O6. The van der Waals surface area contributed by atoms with E-state index in [0.29, 0.717) is 28.5 Å². The Morgan fingerprint density at radius 3 is 2.44 bits per heavy atom. The van der Waals surface area contributed by atoms with E-state index in [4.69, 9.17) is 18.9 Å². The molecule has 32 heavy (non-hydrogen) atoms. The summed E-state index contributed by atoms with van der Waals surface area (Å²) in [7, 11) is 3.20. The Morgan fingerprint density at radius 1 is 0.906 bits per heavy atom. The number of benzene rings is 3. The highest BCUT2D eigenvalue weighted by atomic mass is 16.7. The quantitative estimate of drug-likeness (QED) is 0.591. The van der Waals surface area contributed by atoms with Crippen LogP contribution in [0.4, 0.5) is 5.69 Å². The maximum atomic E-state index is 12.4. The zero-order valence-electron chi connectivity index (χ0n) is 17.6. The summed E-state index contributed by atoms with van der Waals surface area (Å²) in [6.07, 6.45) is 0. The number of carbonyl (C=O) groups is 2. The summed E-state index contributed by atoms with van der Waals surface area (Å²) in [6, 6.07) is 17.7. The molecule has 8 heteroatoms. The highest BCUT2D eigenvalue weighted by Crippen LogP contribution is 2.34. The third-order valence-corrected chi connectivity index (χ3v) is 4.93. The van der Waals surface area contributed by atoms with Crippen LogP contribution in [0.1, 0.15) is 10.4 Å². The largest absolute Gasteiger partial charge is 0.497 e. The average molecular weight is 434 g/mol. The van der Waals surface area contributed by atoms with Crippen LogP contribution in [0, 0.1) is 0 Å². The second kappa shape index (κ2) is 9.30. The molecule has 164 valence electrons. The minimum absolute atomic E-state index is 0.128. The summed E-state index contributed by atoms with van der Waals surface area (Å²) in [6.45, 7) is -0.0552. The molecule has 3 aromatic rings. The number of hydrogen-bond acceptors (Lipinski definition) is 6. The van der Waals surface area contributed by atoms with Gasteiger partial charge in [-0.15, -0.1) is 0 Å². The molecule has 1 aliphatic rings. The van der Waals surface area contributed by atoms with E-state index in [0.717, 1.165) is 16.9 Å².